The quantitative estimate of drug-likeness (QED) is 0.108. The molecule has 0 radical (unpaired) electrons. The average Bonchev–Trinajstić information content (AvgIpc) is 2.94. The molecule has 2 nitrogen and oxygen atoms in total. The fraction of sp³-hybridized carbons (Fsp3) is 0.800. The predicted molar refractivity (Wildman–Crippen MR) is 160 cm³/mol. The van der Waals surface area contributed by atoms with E-state index in [2.05, 4.69) is 37.3 Å². The van der Waals surface area contributed by atoms with E-state index in [0.29, 0.717) is 12.5 Å². The second-order valence-corrected chi connectivity index (χ2v) is 11.8. The maximum absolute atomic E-state index is 12.4. The minimum absolute atomic E-state index is 0.0596. The summed E-state index contributed by atoms with van der Waals surface area (Å²) in [6.07, 6.45) is 32.0. The summed E-state index contributed by atoms with van der Waals surface area (Å²) in [5.74, 6) is 0.809. The van der Waals surface area contributed by atoms with Crippen molar-refractivity contribution in [3.63, 3.8) is 0 Å². The van der Waals surface area contributed by atoms with E-state index in [9.17, 15) is 4.79 Å². The van der Waals surface area contributed by atoms with Crippen molar-refractivity contribution in [1.82, 2.24) is 0 Å². The second-order valence-electron chi connectivity index (χ2n) is 11.8. The van der Waals surface area contributed by atoms with Crippen LogP contribution in [-0.2, 0) is 9.53 Å². The van der Waals surface area contributed by atoms with E-state index in [-0.39, 0.29) is 11.9 Å². The summed E-state index contributed by atoms with van der Waals surface area (Å²) in [4.78, 5) is 12.4. The topological polar surface area (TPSA) is 26.3 Å². The largest absolute Gasteiger partial charge is 0.465 e. The minimum atomic E-state index is 0.0596. The smallest absolute Gasteiger partial charge is 0.308 e. The predicted octanol–water partition coefficient (Wildman–Crippen LogP) is 11.3. The summed E-state index contributed by atoms with van der Waals surface area (Å²) >= 11 is 0. The lowest BCUT2D eigenvalue weighted by Gasteiger charge is -2.27. The zero-order chi connectivity index (χ0) is 26.2. The van der Waals surface area contributed by atoms with Crippen LogP contribution in [-0.4, -0.2) is 12.6 Å². The van der Waals surface area contributed by atoms with Crippen molar-refractivity contribution < 1.29 is 9.53 Å². The molecule has 0 bridgehead atoms. The molecule has 2 heteroatoms. The number of benzene rings is 1. The number of hydrogen-bond donors (Lipinski definition) is 0. The highest BCUT2D eigenvalue weighted by Gasteiger charge is 2.27. The van der Waals surface area contributed by atoms with Crippen LogP contribution in [0.3, 0.4) is 0 Å². The van der Waals surface area contributed by atoms with Crippen LogP contribution in [0, 0.1) is 5.92 Å². The molecule has 1 aromatic carbocycles. The van der Waals surface area contributed by atoms with Crippen LogP contribution in [0.25, 0.3) is 0 Å². The lowest BCUT2D eigenvalue weighted by Crippen LogP contribution is -2.23. The van der Waals surface area contributed by atoms with Gasteiger partial charge >= 0.3 is 5.97 Å². The molecule has 37 heavy (non-hydrogen) atoms. The summed E-state index contributed by atoms with van der Waals surface area (Å²) in [5.41, 5.74) is 1.43. The number of hydrogen-bond acceptors (Lipinski definition) is 2. The highest BCUT2D eigenvalue weighted by molar-refractivity contribution is 5.72. The van der Waals surface area contributed by atoms with Crippen LogP contribution in [0.5, 0.6) is 0 Å². The Kier molecular flexibility index (Phi) is 19.5. The Hall–Kier alpha value is -1.31. The number of ether oxygens (including phenoxy) is 1. The zero-order valence-corrected chi connectivity index (χ0v) is 24.5. The van der Waals surface area contributed by atoms with Crippen molar-refractivity contribution >= 4 is 5.97 Å². The van der Waals surface area contributed by atoms with Crippen molar-refractivity contribution in [3.8, 4) is 0 Å². The van der Waals surface area contributed by atoms with E-state index in [1.165, 1.54) is 128 Å². The van der Waals surface area contributed by atoms with Crippen molar-refractivity contribution in [3.05, 3.63) is 35.9 Å². The first-order valence-corrected chi connectivity index (χ1v) is 16.5. The number of carbonyl (C=O) groups is 1. The molecular weight excluding hydrogens is 452 g/mol. The monoisotopic (exact) mass is 512 g/mol. The molecule has 0 N–H and O–H groups in total. The second kappa shape index (κ2) is 22.7. The highest BCUT2D eigenvalue weighted by Crippen LogP contribution is 2.36. The van der Waals surface area contributed by atoms with E-state index in [0.717, 1.165) is 32.1 Å². The number of carbonyl (C=O) groups excluding carboxylic acids is 1. The first kappa shape index (κ1) is 31.9. The Bertz CT molecular complexity index is 632. The van der Waals surface area contributed by atoms with Gasteiger partial charge in [-0.15, -0.1) is 0 Å². The van der Waals surface area contributed by atoms with E-state index in [1.54, 1.807) is 0 Å². The maximum Gasteiger partial charge on any atom is 0.308 e. The van der Waals surface area contributed by atoms with E-state index >= 15 is 0 Å². The number of esters is 1. The Balaban J connectivity index is 1.27. The van der Waals surface area contributed by atoms with Gasteiger partial charge in [-0.1, -0.05) is 159 Å². The van der Waals surface area contributed by atoms with E-state index in [4.69, 9.17) is 4.74 Å². The molecule has 0 saturated heterocycles. The third-order valence-electron chi connectivity index (χ3n) is 8.57. The van der Waals surface area contributed by atoms with Gasteiger partial charge in [0.25, 0.3) is 0 Å². The molecular formula is C35H60O2. The summed E-state index contributed by atoms with van der Waals surface area (Å²) in [7, 11) is 0. The zero-order valence-electron chi connectivity index (χ0n) is 24.5. The molecule has 0 unspecified atom stereocenters. The van der Waals surface area contributed by atoms with Crippen LogP contribution in [0.4, 0.5) is 0 Å². The average molecular weight is 513 g/mol. The van der Waals surface area contributed by atoms with Crippen molar-refractivity contribution in [2.75, 3.05) is 6.61 Å². The molecule has 0 amide bonds. The SMILES string of the molecule is CCCCCCCCCCCCCCCCCCCCCCOC(=O)C1CCC(c2ccccc2)CC1. The lowest BCUT2D eigenvalue weighted by atomic mass is 9.79. The fourth-order valence-corrected chi connectivity index (χ4v) is 6.04. The molecule has 2 rings (SSSR count). The minimum Gasteiger partial charge on any atom is -0.465 e. The van der Waals surface area contributed by atoms with Crippen LogP contribution < -0.4 is 0 Å². The van der Waals surface area contributed by atoms with Gasteiger partial charge in [0, 0.05) is 0 Å². The Morgan fingerprint density at radius 3 is 1.43 bits per heavy atom. The van der Waals surface area contributed by atoms with Crippen LogP contribution >= 0.6 is 0 Å². The highest BCUT2D eigenvalue weighted by atomic mass is 16.5. The Morgan fingerprint density at radius 2 is 1.00 bits per heavy atom. The molecule has 1 aliphatic carbocycles. The van der Waals surface area contributed by atoms with Gasteiger partial charge in [0.2, 0.25) is 0 Å². The van der Waals surface area contributed by atoms with Gasteiger partial charge in [-0.25, -0.2) is 0 Å². The lowest BCUT2D eigenvalue weighted by molar-refractivity contribution is -0.149. The summed E-state index contributed by atoms with van der Waals surface area (Å²) < 4.78 is 5.62. The van der Waals surface area contributed by atoms with Crippen molar-refractivity contribution in [2.45, 2.75) is 167 Å². The van der Waals surface area contributed by atoms with Crippen LogP contribution in [0.1, 0.15) is 173 Å². The standard InChI is InChI=1S/C35H60O2/c1-2-3-4-5-6-7-8-9-10-11-12-13-14-15-16-17-18-19-20-24-31-37-35(36)34-29-27-33(28-30-34)32-25-22-21-23-26-32/h21-23,25-26,33-34H,2-20,24,27-31H2,1H3. The molecule has 1 aromatic rings. The molecule has 1 aliphatic rings. The summed E-state index contributed by atoms with van der Waals surface area (Å²) in [6, 6.07) is 10.8. The van der Waals surface area contributed by atoms with Crippen molar-refractivity contribution in [2.24, 2.45) is 5.92 Å². The summed E-state index contributed by atoms with van der Waals surface area (Å²) in [5, 5.41) is 0. The van der Waals surface area contributed by atoms with E-state index < -0.39 is 0 Å². The molecule has 0 spiro atoms. The third kappa shape index (κ3) is 16.3. The van der Waals surface area contributed by atoms with E-state index in [1.807, 2.05) is 0 Å². The Morgan fingerprint density at radius 1 is 0.595 bits per heavy atom. The van der Waals surface area contributed by atoms with Gasteiger partial charge in [0.15, 0.2) is 0 Å². The van der Waals surface area contributed by atoms with Gasteiger partial charge in [-0.3, -0.25) is 4.79 Å². The molecule has 0 aromatic heterocycles. The molecule has 0 heterocycles. The molecule has 1 fully saturated rings. The third-order valence-corrected chi connectivity index (χ3v) is 8.57. The Labute approximate surface area is 230 Å². The van der Waals surface area contributed by atoms with Gasteiger partial charge < -0.3 is 4.74 Å². The molecule has 1 saturated carbocycles. The number of unbranched alkanes of at least 4 members (excludes halogenated alkanes) is 19. The first-order chi connectivity index (χ1) is 18.3. The molecule has 212 valence electrons. The first-order valence-electron chi connectivity index (χ1n) is 16.5. The number of rotatable bonds is 23. The van der Waals surface area contributed by atoms with Gasteiger partial charge in [0.05, 0.1) is 12.5 Å². The van der Waals surface area contributed by atoms with Crippen LogP contribution in [0.15, 0.2) is 30.3 Å². The van der Waals surface area contributed by atoms with Gasteiger partial charge in [0.1, 0.15) is 0 Å². The van der Waals surface area contributed by atoms with Crippen molar-refractivity contribution in [1.29, 1.82) is 0 Å². The summed E-state index contributed by atoms with van der Waals surface area (Å²) in [6.45, 7) is 2.92. The van der Waals surface area contributed by atoms with Crippen LogP contribution in [0.2, 0.25) is 0 Å². The molecule has 0 atom stereocenters. The maximum atomic E-state index is 12.4. The molecule has 0 aliphatic heterocycles. The fourth-order valence-electron chi connectivity index (χ4n) is 6.04. The normalized spacial score (nSPS) is 17.6. The van der Waals surface area contributed by atoms with Gasteiger partial charge in [-0.05, 0) is 43.6 Å². The van der Waals surface area contributed by atoms with Gasteiger partial charge in [-0.2, -0.15) is 0 Å².